The van der Waals surface area contributed by atoms with Gasteiger partial charge >= 0.3 is 0 Å². The summed E-state index contributed by atoms with van der Waals surface area (Å²) in [6, 6.07) is 5.68. The number of carbonyl (C=O) groups excluding carboxylic acids is 2. The van der Waals surface area contributed by atoms with Gasteiger partial charge < -0.3 is 16.0 Å². The standard InChI is InChI=1S/C21H29N3O2S/c1-14-7-11-17(13-18(14)23-20(26)16-9-10-16)22-21(27)24-19(25)12-8-15-5-3-2-4-6-15/h7,11,13,15-16H,2-6,8-10,12H2,1H3,(H,23,26)(H2,22,24,25,27). The molecule has 0 aromatic heterocycles. The molecule has 2 aliphatic carbocycles. The molecule has 3 N–H and O–H groups in total. The Morgan fingerprint density at radius 3 is 2.52 bits per heavy atom. The van der Waals surface area contributed by atoms with Crippen molar-refractivity contribution in [3.63, 3.8) is 0 Å². The van der Waals surface area contributed by atoms with Crippen LogP contribution in [0.25, 0.3) is 0 Å². The van der Waals surface area contributed by atoms with Crippen molar-refractivity contribution >= 4 is 40.5 Å². The highest BCUT2D eigenvalue weighted by Crippen LogP contribution is 2.31. The van der Waals surface area contributed by atoms with E-state index in [0.717, 1.165) is 36.2 Å². The maximum absolute atomic E-state index is 12.1. The molecule has 3 rings (SSSR count). The summed E-state index contributed by atoms with van der Waals surface area (Å²) in [5.41, 5.74) is 2.53. The fourth-order valence-corrected chi connectivity index (χ4v) is 3.81. The molecular formula is C21H29N3O2S. The predicted molar refractivity (Wildman–Crippen MR) is 113 cm³/mol. The Bertz CT molecular complexity index is 709. The van der Waals surface area contributed by atoms with Crippen LogP contribution in [0.3, 0.4) is 0 Å². The molecule has 2 fully saturated rings. The number of hydrogen-bond donors (Lipinski definition) is 3. The molecule has 2 saturated carbocycles. The average molecular weight is 388 g/mol. The fraction of sp³-hybridized carbons (Fsp3) is 0.571. The van der Waals surface area contributed by atoms with E-state index in [1.165, 1.54) is 32.1 Å². The smallest absolute Gasteiger partial charge is 0.227 e. The van der Waals surface area contributed by atoms with Crippen LogP contribution in [-0.4, -0.2) is 16.9 Å². The molecule has 5 nitrogen and oxygen atoms in total. The molecular weight excluding hydrogens is 358 g/mol. The first-order valence-corrected chi connectivity index (χ1v) is 10.4. The number of rotatable bonds is 6. The van der Waals surface area contributed by atoms with Crippen LogP contribution in [0.4, 0.5) is 11.4 Å². The molecule has 2 amide bonds. The lowest BCUT2D eigenvalue weighted by Gasteiger charge is -2.21. The number of hydrogen-bond acceptors (Lipinski definition) is 3. The van der Waals surface area contributed by atoms with Gasteiger partial charge in [0.05, 0.1) is 0 Å². The van der Waals surface area contributed by atoms with Crippen molar-refractivity contribution in [3.8, 4) is 0 Å². The van der Waals surface area contributed by atoms with Crippen LogP contribution in [0.15, 0.2) is 18.2 Å². The van der Waals surface area contributed by atoms with E-state index in [0.29, 0.717) is 17.5 Å². The van der Waals surface area contributed by atoms with E-state index in [1.807, 2.05) is 25.1 Å². The number of benzene rings is 1. The summed E-state index contributed by atoms with van der Waals surface area (Å²) >= 11 is 5.27. The van der Waals surface area contributed by atoms with Crippen molar-refractivity contribution in [2.24, 2.45) is 11.8 Å². The number of aryl methyl sites for hydroxylation is 1. The summed E-state index contributed by atoms with van der Waals surface area (Å²) in [4.78, 5) is 24.1. The molecule has 6 heteroatoms. The number of carbonyl (C=O) groups is 2. The molecule has 2 aliphatic rings. The molecule has 146 valence electrons. The summed E-state index contributed by atoms with van der Waals surface area (Å²) in [6.45, 7) is 1.96. The maximum atomic E-state index is 12.1. The highest BCUT2D eigenvalue weighted by atomic mass is 32.1. The Kier molecular flexibility index (Phi) is 6.83. The van der Waals surface area contributed by atoms with Gasteiger partial charge in [0.1, 0.15) is 0 Å². The minimum absolute atomic E-state index is 0.0348. The first kappa shape index (κ1) is 19.8. The highest BCUT2D eigenvalue weighted by Gasteiger charge is 2.29. The fourth-order valence-electron chi connectivity index (χ4n) is 3.58. The van der Waals surface area contributed by atoms with Crippen LogP contribution >= 0.6 is 12.2 Å². The van der Waals surface area contributed by atoms with E-state index in [4.69, 9.17) is 12.2 Å². The van der Waals surface area contributed by atoms with E-state index >= 15 is 0 Å². The third-order valence-corrected chi connectivity index (χ3v) is 5.66. The Balaban J connectivity index is 1.46. The van der Waals surface area contributed by atoms with Crippen LogP contribution in [0.2, 0.25) is 0 Å². The van der Waals surface area contributed by atoms with Gasteiger partial charge in [-0.1, -0.05) is 38.2 Å². The zero-order valence-corrected chi connectivity index (χ0v) is 16.8. The van der Waals surface area contributed by atoms with Gasteiger partial charge in [0.2, 0.25) is 11.8 Å². The van der Waals surface area contributed by atoms with Gasteiger partial charge in [-0.15, -0.1) is 0 Å². The van der Waals surface area contributed by atoms with Gasteiger partial charge in [-0.2, -0.15) is 0 Å². The number of amides is 2. The third-order valence-electron chi connectivity index (χ3n) is 5.46. The summed E-state index contributed by atoms with van der Waals surface area (Å²) in [5, 5.41) is 9.08. The molecule has 0 unspecified atom stereocenters. The highest BCUT2D eigenvalue weighted by molar-refractivity contribution is 7.80. The second kappa shape index (κ2) is 9.31. The largest absolute Gasteiger partial charge is 0.332 e. The van der Waals surface area contributed by atoms with Crippen molar-refractivity contribution in [1.29, 1.82) is 0 Å². The normalized spacial score (nSPS) is 17.2. The topological polar surface area (TPSA) is 70.2 Å². The second-order valence-electron chi connectivity index (χ2n) is 7.84. The molecule has 0 spiro atoms. The molecule has 0 atom stereocenters. The second-order valence-corrected chi connectivity index (χ2v) is 8.25. The molecule has 1 aromatic carbocycles. The van der Waals surface area contributed by atoms with E-state index < -0.39 is 0 Å². The quantitative estimate of drug-likeness (QED) is 0.628. The summed E-state index contributed by atoms with van der Waals surface area (Å²) in [5.74, 6) is 0.882. The zero-order valence-electron chi connectivity index (χ0n) is 16.0. The monoisotopic (exact) mass is 387 g/mol. The van der Waals surface area contributed by atoms with Gasteiger partial charge in [0.25, 0.3) is 0 Å². The first-order chi connectivity index (χ1) is 13.0. The van der Waals surface area contributed by atoms with E-state index in [2.05, 4.69) is 16.0 Å². The molecule has 1 aromatic rings. The minimum Gasteiger partial charge on any atom is -0.332 e. The van der Waals surface area contributed by atoms with E-state index in [9.17, 15) is 9.59 Å². The summed E-state index contributed by atoms with van der Waals surface area (Å²) in [6.07, 6.45) is 9.80. The molecule has 0 heterocycles. The summed E-state index contributed by atoms with van der Waals surface area (Å²) < 4.78 is 0. The number of thiocarbonyl (C=S) groups is 1. The molecule has 0 radical (unpaired) electrons. The van der Waals surface area contributed by atoms with Crippen molar-refractivity contribution in [2.45, 2.75) is 64.7 Å². The lowest BCUT2D eigenvalue weighted by molar-refractivity contribution is -0.120. The zero-order chi connectivity index (χ0) is 19.2. The lowest BCUT2D eigenvalue weighted by atomic mass is 9.86. The Labute approximate surface area is 166 Å². The van der Waals surface area contributed by atoms with Gasteiger partial charge in [0.15, 0.2) is 5.11 Å². The van der Waals surface area contributed by atoms with Gasteiger partial charge in [-0.05, 0) is 62.0 Å². The van der Waals surface area contributed by atoms with Crippen LogP contribution in [-0.2, 0) is 9.59 Å². The maximum Gasteiger partial charge on any atom is 0.227 e. The summed E-state index contributed by atoms with van der Waals surface area (Å²) in [7, 11) is 0. The number of nitrogens with one attached hydrogen (secondary N) is 3. The average Bonchev–Trinajstić information content (AvgIpc) is 3.49. The first-order valence-electron chi connectivity index (χ1n) is 10.0. The van der Waals surface area contributed by atoms with Crippen molar-refractivity contribution in [2.75, 3.05) is 10.6 Å². The van der Waals surface area contributed by atoms with Crippen LogP contribution in [0, 0.1) is 18.8 Å². The van der Waals surface area contributed by atoms with E-state index in [-0.39, 0.29) is 17.7 Å². The molecule has 0 saturated heterocycles. The third kappa shape index (κ3) is 6.31. The van der Waals surface area contributed by atoms with Crippen molar-refractivity contribution in [1.82, 2.24) is 5.32 Å². The van der Waals surface area contributed by atoms with Crippen LogP contribution in [0.1, 0.15) is 63.4 Å². The van der Waals surface area contributed by atoms with Gasteiger partial charge in [-0.3, -0.25) is 9.59 Å². The molecule has 27 heavy (non-hydrogen) atoms. The van der Waals surface area contributed by atoms with Gasteiger partial charge in [-0.25, -0.2) is 0 Å². The predicted octanol–water partition coefficient (Wildman–Crippen LogP) is 4.52. The Morgan fingerprint density at radius 2 is 1.81 bits per heavy atom. The van der Waals surface area contributed by atoms with Crippen LogP contribution in [0.5, 0.6) is 0 Å². The van der Waals surface area contributed by atoms with Crippen molar-refractivity contribution < 1.29 is 9.59 Å². The molecule has 0 bridgehead atoms. The minimum atomic E-state index is -0.0348. The Hall–Kier alpha value is -1.95. The number of anilines is 2. The van der Waals surface area contributed by atoms with Crippen molar-refractivity contribution in [3.05, 3.63) is 23.8 Å². The SMILES string of the molecule is Cc1ccc(NC(=S)NC(=O)CCC2CCCCC2)cc1NC(=O)C1CC1. The Morgan fingerprint density at radius 1 is 1.07 bits per heavy atom. The van der Waals surface area contributed by atoms with E-state index in [1.54, 1.807) is 0 Å². The lowest BCUT2D eigenvalue weighted by Crippen LogP contribution is -2.34. The van der Waals surface area contributed by atoms with Gasteiger partial charge in [0, 0.05) is 23.7 Å². The van der Waals surface area contributed by atoms with Crippen LogP contribution < -0.4 is 16.0 Å². The molecule has 0 aliphatic heterocycles.